The van der Waals surface area contributed by atoms with Gasteiger partial charge in [-0.25, -0.2) is 4.79 Å². The minimum atomic E-state index is -1.41. The van der Waals surface area contributed by atoms with E-state index in [2.05, 4.69) is 5.32 Å². The Balaban J connectivity index is 1.91. The van der Waals surface area contributed by atoms with Crippen molar-refractivity contribution in [1.29, 1.82) is 0 Å². The highest BCUT2D eigenvalue weighted by Gasteiger charge is 2.46. The van der Waals surface area contributed by atoms with Crippen LogP contribution in [-0.4, -0.2) is 58.5 Å². The summed E-state index contributed by atoms with van der Waals surface area (Å²) in [5.41, 5.74) is 0.557. The minimum Gasteiger partial charge on any atom is -0.462 e. The second-order valence-electron chi connectivity index (χ2n) is 6.46. The monoisotopic (exact) mass is 379 g/mol. The normalized spacial score (nSPS) is 28.1. The molecule has 1 aliphatic rings. The number of ether oxygens (including phenoxy) is 2. The van der Waals surface area contributed by atoms with Crippen molar-refractivity contribution in [2.75, 3.05) is 6.61 Å². The summed E-state index contributed by atoms with van der Waals surface area (Å²) in [6.07, 6.45) is -5.08. The van der Waals surface area contributed by atoms with Gasteiger partial charge in [0, 0.05) is 24.4 Å². The molecule has 3 rings (SSSR count). The van der Waals surface area contributed by atoms with Crippen molar-refractivity contribution < 1.29 is 34.0 Å². The number of hydrogen-bond acceptors (Lipinski definition) is 8. The zero-order chi connectivity index (χ0) is 19.7. The van der Waals surface area contributed by atoms with Crippen LogP contribution in [0, 0.1) is 6.92 Å². The number of rotatable bonds is 4. The molecule has 1 saturated heterocycles. The SMILES string of the molecule is CC(=O)N[C@@H]1[C@@H](Oc2ccc3c(C)cc(=O)oc3c2)O[C@@H](CO)[C@@H](O)[C@H]1O. The Kier molecular flexibility index (Phi) is 5.47. The number of amides is 1. The molecule has 0 saturated carbocycles. The molecule has 0 bridgehead atoms. The second kappa shape index (κ2) is 7.65. The molecule has 0 aliphatic carbocycles. The number of nitrogens with one attached hydrogen (secondary N) is 1. The number of hydrogen-bond donors (Lipinski definition) is 4. The van der Waals surface area contributed by atoms with Gasteiger partial charge in [-0.3, -0.25) is 4.79 Å². The molecule has 1 aliphatic heterocycles. The van der Waals surface area contributed by atoms with E-state index in [0.717, 1.165) is 10.9 Å². The maximum Gasteiger partial charge on any atom is 0.336 e. The van der Waals surface area contributed by atoms with E-state index in [1.54, 1.807) is 19.1 Å². The third-order valence-corrected chi connectivity index (χ3v) is 4.43. The van der Waals surface area contributed by atoms with Gasteiger partial charge in [-0.05, 0) is 24.6 Å². The molecule has 0 unspecified atom stereocenters. The maximum absolute atomic E-state index is 11.6. The highest BCUT2D eigenvalue weighted by molar-refractivity contribution is 5.81. The highest BCUT2D eigenvalue weighted by atomic mass is 16.7. The van der Waals surface area contributed by atoms with E-state index in [9.17, 15) is 24.9 Å². The first-order chi connectivity index (χ1) is 12.8. The summed E-state index contributed by atoms with van der Waals surface area (Å²) in [6.45, 7) is 2.48. The average molecular weight is 379 g/mol. The summed E-state index contributed by atoms with van der Waals surface area (Å²) in [6, 6.07) is 5.12. The van der Waals surface area contributed by atoms with Crippen molar-refractivity contribution in [1.82, 2.24) is 5.32 Å². The number of aliphatic hydroxyl groups is 3. The van der Waals surface area contributed by atoms with Crippen LogP contribution >= 0.6 is 0 Å². The fraction of sp³-hybridized carbons (Fsp3) is 0.444. The van der Waals surface area contributed by atoms with Crippen LogP contribution < -0.4 is 15.7 Å². The van der Waals surface area contributed by atoms with Gasteiger partial charge in [-0.1, -0.05) is 0 Å². The average Bonchev–Trinajstić information content (AvgIpc) is 2.60. The van der Waals surface area contributed by atoms with Gasteiger partial charge in [0.1, 0.15) is 35.7 Å². The first kappa shape index (κ1) is 19.3. The lowest BCUT2D eigenvalue weighted by Gasteiger charge is -2.42. The fourth-order valence-corrected chi connectivity index (χ4v) is 3.08. The third kappa shape index (κ3) is 3.96. The van der Waals surface area contributed by atoms with E-state index in [1.807, 2.05) is 0 Å². The molecule has 4 N–H and O–H groups in total. The number of aliphatic hydroxyl groups excluding tert-OH is 3. The van der Waals surface area contributed by atoms with Crippen LogP contribution in [0.2, 0.25) is 0 Å². The van der Waals surface area contributed by atoms with Gasteiger partial charge < -0.3 is 34.5 Å². The molecular weight excluding hydrogens is 358 g/mol. The van der Waals surface area contributed by atoms with Gasteiger partial charge in [-0.15, -0.1) is 0 Å². The molecule has 9 nitrogen and oxygen atoms in total. The maximum atomic E-state index is 11.6. The number of fused-ring (bicyclic) bond motifs is 1. The molecule has 9 heteroatoms. The Labute approximate surface area is 154 Å². The van der Waals surface area contributed by atoms with E-state index in [1.165, 1.54) is 19.1 Å². The van der Waals surface area contributed by atoms with Crippen LogP contribution in [-0.2, 0) is 9.53 Å². The Morgan fingerprint density at radius 3 is 2.67 bits per heavy atom. The molecule has 1 amide bonds. The minimum absolute atomic E-state index is 0.261. The Hall–Kier alpha value is -2.46. The van der Waals surface area contributed by atoms with E-state index in [4.69, 9.17) is 13.9 Å². The molecule has 1 aromatic carbocycles. The van der Waals surface area contributed by atoms with Crippen LogP contribution in [0.3, 0.4) is 0 Å². The van der Waals surface area contributed by atoms with Gasteiger partial charge in [0.25, 0.3) is 0 Å². The fourth-order valence-electron chi connectivity index (χ4n) is 3.08. The van der Waals surface area contributed by atoms with Gasteiger partial charge >= 0.3 is 5.63 Å². The van der Waals surface area contributed by atoms with Crippen LogP contribution in [0.1, 0.15) is 12.5 Å². The lowest BCUT2D eigenvalue weighted by molar-refractivity contribution is -0.244. The van der Waals surface area contributed by atoms with Gasteiger partial charge in [0.15, 0.2) is 0 Å². The van der Waals surface area contributed by atoms with Gasteiger partial charge in [0.2, 0.25) is 12.2 Å². The van der Waals surface area contributed by atoms with Crippen LogP contribution in [0.25, 0.3) is 11.0 Å². The summed E-state index contributed by atoms with van der Waals surface area (Å²) in [5, 5.41) is 32.9. The second-order valence-corrected chi connectivity index (χ2v) is 6.46. The summed E-state index contributed by atoms with van der Waals surface area (Å²) >= 11 is 0. The first-order valence-corrected chi connectivity index (χ1v) is 8.41. The Bertz CT molecular complexity index is 895. The van der Waals surface area contributed by atoms with E-state index in [-0.39, 0.29) is 5.75 Å². The van der Waals surface area contributed by atoms with Crippen molar-refractivity contribution in [3.05, 3.63) is 40.2 Å². The number of carbonyl (C=O) groups excluding carboxylic acids is 1. The molecule has 2 aromatic rings. The summed E-state index contributed by atoms with van der Waals surface area (Å²) < 4.78 is 16.4. The number of benzene rings is 1. The third-order valence-electron chi connectivity index (χ3n) is 4.43. The Morgan fingerprint density at radius 2 is 2.00 bits per heavy atom. The number of aryl methyl sites for hydroxylation is 1. The zero-order valence-corrected chi connectivity index (χ0v) is 14.8. The molecule has 146 valence electrons. The molecule has 1 aromatic heterocycles. The first-order valence-electron chi connectivity index (χ1n) is 8.41. The molecule has 1 fully saturated rings. The van der Waals surface area contributed by atoms with Crippen LogP contribution in [0.5, 0.6) is 5.75 Å². The zero-order valence-electron chi connectivity index (χ0n) is 14.8. The van der Waals surface area contributed by atoms with Crippen molar-refractivity contribution in [3.63, 3.8) is 0 Å². The van der Waals surface area contributed by atoms with E-state index < -0.39 is 48.8 Å². The molecule has 27 heavy (non-hydrogen) atoms. The largest absolute Gasteiger partial charge is 0.462 e. The summed E-state index contributed by atoms with van der Waals surface area (Å²) in [4.78, 5) is 23.0. The highest BCUT2D eigenvalue weighted by Crippen LogP contribution is 2.27. The lowest BCUT2D eigenvalue weighted by atomic mass is 9.97. The topological polar surface area (TPSA) is 138 Å². The molecule has 0 spiro atoms. The number of carbonyl (C=O) groups is 1. The van der Waals surface area contributed by atoms with E-state index >= 15 is 0 Å². The quantitative estimate of drug-likeness (QED) is 0.518. The van der Waals surface area contributed by atoms with Crippen molar-refractivity contribution >= 4 is 16.9 Å². The van der Waals surface area contributed by atoms with E-state index in [0.29, 0.717) is 5.58 Å². The lowest BCUT2D eigenvalue weighted by Crippen LogP contribution is -2.65. The van der Waals surface area contributed by atoms with Crippen molar-refractivity contribution in [3.8, 4) is 5.75 Å². The standard InChI is InChI=1S/C18H21NO8/c1-8-5-14(22)26-12-6-10(3-4-11(8)12)25-18-15(19-9(2)21)17(24)16(23)13(7-20)27-18/h3-6,13,15-18,20,23-24H,7H2,1-2H3,(H,19,21)/t13-,15-,16+,17-,18-/m0/s1. The smallest absolute Gasteiger partial charge is 0.336 e. The predicted molar refractivity (Wildman–Crippen MR) is 93.2 cm³/mol. The van der Waals surface area contributed by atoms with Crippen LogP contribution in [0.4, 0.5) is 0 Å². The predicted octanol–water partition coefficient (Wildman–Crippen LogP) is -0.576. The molecular formula is C18H21NO8. The molecule has 5 atom stereocenters. The molecule has 0 radical (unpaired) electrons. The summed E-state index contributed by atoms with van der Waals surface area (Å²) in [5.74, 6) is -0.192. The van der Waals surface area contributed by atoms with Gasteiger partial charge in [-0.2, -0.15) is 0 Å². The van der Waals surface area contributed by atoms with Crippen LogP contribution in [0.15, 0.2) is 33.5 Å². The van der Waals surface area contributed by atoms with Crippen molar-refractivity contribution in [2.45, 2.75) is 44.5 Å². The molecule has 2 heterocycles. The Morgan fingerprint density at radius 1 is 1.26 bits per heavy atom. The van der Waals surface area contributed by atoms with Crippen molar-refractivity contribution in [2.24, 2.45) is 0 Å². The summed E-state index contributed by atoms with van der Waals surface area (Å²) in [7, 11) is 0. The van der Waals surface area contributed by atoms with Gasteiger partial charge in [0.05, 0.1) is 6.61 Å².